The van der Waals surface area contributed by atoms with Crippen LogP contribution in [0.1, 0.15) is 58.1 Å². The molecule has 0 saturated heterocycles. The molecule has 1 aromatic carbocycles. The summed E-state index contributed by atoms with van der Waals surface area (Å²) in [6, 6.07) is 6.31. The second kappa shape index (κ2) is 7.14. The zero-order valence-corrected chi connectivity index (χ0v) is 13.4. The minimum absolute atomic E-state index is 0.148. The Balaban J connectivity index is 2.30. The standard InChI is InChI=1S/C17H28N2O2/c1-4-20-14-9-8-13(12-15(14)21-5-2)16(19-18)17(3)10-6-7-11-17/h8-9,12,16,19H,4-7,10-11,18H2,1-3H3. The van der Waals surface area contributed by atoms with Gasteiger partial charge in [-0.2, -0.15) is 0 Å². The van der Waals surface area contributed by atoms with Crippen molar-refractivity contribution in [3.63, 3.8) is 0 Å². The van der Waals surface area contributed by atoms with Crippen LogP contribution in [0, 0.1) is 5.41 Å². The molecule has 0 bridgehead atoms. The number of nitrogens with one attached hydrogen (secondary N) is 1. The number of rotatable bonds is 7. The van der Waals surface area contributed by atoms with E-state index in [0.717, 1.165) is 11.5 Å². The van der Waals surface area contributed by atoms with Crippen LogP contribution in [0.25, 0.3) is 0 Å². The lowest BCUT2D eigenvalue weighted by atomic mass is 9.77. The van der Waals surface area contributed by atoms with Crippen molar-refractivity contribution in [1.82, 2.24) is 5.43 Å². The molecule has 4 nitrogen and oxygen atoms in total. The Labute approximate surface area is 128 Å². The molecule has 1 unspecified atom stereocenters. The van der Waals surface area contributed by atoms with Crippen LogP contribution in [0.3, 0.4) is 0 Å². The van der Waals surface area contributed by atoms with Crippen molar-refractivity contribution in [3.8, 4) is 11.5 Å². The number of ether oxygens (including phenoxy) is 2. The minimum Gasteiger partial charge on any atom is -0.490 e. The summed E-state index contributed by atoms with van der Waals surface area (Å²) in [4.78, 5) is 0. The summed E-state index contributed by atoms with van der Waals surface area (Å²) in [6.07, 6.45) is 4.98. The number of benzene rings is 1. The number of hydrazine groups is 1. The molecule has 3 N–H and O–H groups in total. The molecule has 1 fully saturated rings. The summed E-state index contributed by atoms with van der Waals surface area (Å²) in [6.45, 7) is 7.55. The smallest absolute Gasteiger partial charge is 0.161 e. The van der Waals surface area contributed by atoms with Crippen molar-refractivity contribution in [1.29, 1.82) is 0 Å². The Hall–Kier alpha value is -1.26. The van der Waals surface area contributed by atoms with Crippen LogP contribution in [-0.2, 0) is 0 Å². The van der Waals surface area contributed by atoms with Crippen molar-refractivity contribution in [3.05, 3.63) is 23.8 Å². The van der Waals surface area contributed by atoms with Crippen LogP contribution >= 0.6 is 0 Å². The maximum absolute atomic E-state index is 5.87. The highest BCUT2D eigenvalue weighted by Crippen LogP contribution is 2.47. The lowest BCUT2D eigenvalue weighted by molar-refractivity contribution is 0.223. The van der Waals surface area contributed by atoms with Gasteiger partial charge < -0.3 is 9.47 Å². The summed E-state index contributed by atoms with van der Waals surface area (Å²) in [5, 5.41) is 0. The molecule has 0 heterocycles. The lowest BCUT2D eigenvalue weighted by Gasteiger charge is -2.34. The Morgan fingerprint density at radius 1 is 1.14 bits per heavy atom. The first-order valence-corrected chi connectivity index (χ1v) is 8.00. The van der Waals surface area contributed by atoms with E-state index in [-0.39, 0.29) is 11.5 Å². The SMILES string of the molecule is CCOc1ccc(C(NN)C2(C)CCCC2)cc1OCC. The van der Waals surface area contributed by atoms with E-state index < -0.39 is 0 Å². The summed E-state index contributed by atoms with van der Waals surface area (Å²) in [5.74, 6) is 7.47. The Morgan fingerprint density at radius 2 is 1.76 bits per heavy atom. The fraction of sp³-hybridized carbons (Fsp3) is 0.647. The average Bonchev–Trinajstić information content (AvgIpc) is 2.90. The van der Waals surface area contributed by atoms with E-state index in [4.69, 9.17) is 15.3 Å². The highest BCUT2D eigenvalue weighted by atomic mass is 16.5. The van der Waals surface area contributed by atoms with Gasteiger partial charge in [-0.15, -0.1) is 0 Å². The summed E-state index contributed by atoms with van der Waals surface area (Å²) >= 11 is 0. The summed E-state index contributed by atoms with van der Waals surface area (Å²) < 4.78 is 11.4. The second-order valence-corrected chi connectivity index (χ2v) is 6.03. The van der Waals surface area contributed by atoms with Crippen LogP contribution < -0.4 is 20.7 Å². The van der Waals surface area contributed by atoms with Crippen LogP contribution in [0.2, 0.25) is 0 Å². The van der Waals surface area contributed by atoms with Gasteiger partial charge in [0, 0.05) is 0 Å². The van der Waals surface area contributed by atoms with Crippen LogP contribution in [0.4, 0.5) is 0 Å². The molecule has 0 aliphatic heterocycles. The zero-order chi connectivity index (χ0) is 15.3. The van der Waals surface area contributed by atoms with E-state index in [1.165, 1.54) is 31.2 Å². The third-order valence-corrected chi connectivity index (χ3v) is 4.51. The van der Waals surface area contributed by atoms with Crippen LogP contribution in [0.5, 0.6) is 11.5 Å². The van der Waals surface area contributed by atoms with E-state index in [9.17, 15) is 0 Å². The topological polar surface area (TPSA) is 56.5 Å². The number of hydrogen-bond acceptors (Lipinski definition) is 4. The molecule has 1 aliphatic rings. The molecule has 1 atom stereocenters. The first kappa shape index (κ1) is 16.1. The molecule has 1 aromatic rings. The predicted octanol–water partition coefficient (Wildman–Crippen LogP) is 3.57. The number of hydrogen-bond donors (Lipinski definition) is 2. The summed E-state index contributed by atoms with van der Waals surface area (Å²) in [5.41, 5.74) is 4.41. The molecule has 2 rings (SSSR count). The van der Waals surface area contributed by atoms with Gasteiger partial charge in [-0.1, -0.05) is 25.8 Å². The molecule has 118 valence electrons. The van der Waals surface area contributed by atoms with Gasteiger partial charge in [-0.3, -0.25) is 11.3 Å². The van der Waals surface area contributed by atoms with Gasteiger partial charge in [0.2, 0.25) is 0 Å². The molecule has 1 saturated carbocycles. The fourth-order valence-corrected chi connectivity index (χ4v) is 3.42. The second-order valence-electron chi connectivity index (χ2n) is 6.03. The molecule has 0 radical (unpaired) electrons. The molecular formula is C17H28N2O2. The lowest BCUT2D eigenvalue weighted by Crippen LogP contribution is -2.38. The van der Waals surface area contributed by atoms with Gasteiger partial charge in [-0.25, -0.2) is 0 Å². The Morgan fingerprint density at radius 3 is 2.33 bits per heavy atom. The average molecular weight is 292 g/mol. The molecule has 4 heteroatoms. The minimum atomic E-state index is 0.148. The monoisotopic (exact) mass is 292 g/mol. The highest BCUT2D eigenvalue weighted by Gasteiger charge is 2.37. The van der Waals surface area contributed by atoms with Gasteiger partial charge in [0.1, 0.15) is 0 Å². The van der Waals surface area contributed by atoms with Gasteiger partial charge in [0.15, 0.2) is 11.5 Å². The normalized spacial score (nSPS) is 18.5. The maximum Gasteiger partial charge on any atom is 0.161 e. The van der Waals surface area contributed by atoms with E-state index in [2.05, 4.69) is 24.5 Å². The van der Waals surface area contributed by atoms with Gasteiger partial charge in [0.25, 0.3) is 0 Å². The first-order chi connectivity index (χ1) is 10.1. The van der Waals surface area contributed by atoms with Crippen molar-refractivity contribution in [2.75, 3.05) is 13.2 Å². The highest BCUT2D eigenvalue weighted by molar-refractivity contribution is 5.44. The van der Waals surface area contributed by atoms with E-state index in [1.54, 1.807) is 0 Å². The third-order valence-electron chi connectivity index (χ3n) is 4.51. The van der Waals surface area contributed by atoms with E-state index >= 15 is 0 Å². The molecular weight excluding hydrogens is 264 g/mol. The van der Waals surface area contributed by atoms with Crippen molar-refractivity contribution < 1.29 is 9.47 Å². The molecule has 0 aromatic heterocycles. The first-order valence-electron chi connectivity index (χ1n) is 8.00. The van der Waals surface area contributed by atoms with Crippen molar-refractivity contribution in [2.24, 2.45) is 11.3 Å². The largest absolute Gasteiger partial charge is 0.490 e. The molecule has 0 amide bonds. The van der Waals surface area contributed by atoms with Gasteiger partial charge in [0.05, 0.1) is 19.3 Å². The predicted molar refractivity (Wildman–Crippen MR) is 85.4 cm³/mol. The quantitative estimate of drug-likeness (QED) is 0.596. The maximum atomic E-state index is 5.87. The van der Waals surface area contributed by atoms with Crippen LogP contribution in [0.15, 0.2) is 18.2 Å². The number of nitrogens with two attached hydrogens (primary N) is 1. The molecule has 1 aliphatic carbocycles. The van der Waals surface area contributed by atoms with Crippen molar-refractivity contribution >= 4 is 0 Å². The van der Waals surface area contributed by atoms with E-state index in [1.807, 2.05) is 19.9 Å². The van der Waals surface area contributed by atoms with Gasteiger partial charge in [-0.05, 0) is 49.8 Å². The summed E-state index contributed by atoms with van der Waals surface area (Å²) in [7, 11) is 0. The molecule has 21 heavy (non-hydrogen) atoms. The molecule has 0 spiro atoms. The Bertz CT molecular complexity index is 456. The fourth-order valence-electron chi connectivity index (χ4n) is 3.42. The van der Waals surface area contributed by atoms with Crippen LogP contribution in [-0.4, -0.2) is 13.2 Å². The van der Waals surface area contributed by atoms with Crippen molar-refractivity contribution in [2.45, 2.75) is 52.5 Å². The zero-order valence-electron chi connectivity index (χ0n) is 13.4. The van der Waals surface area contributed by atoms with Gasteiger partial charge >= 0.3 is 0 Å². The van der Waals surface area contributed by atoms with E-state index in [0.29, 0.717) is 13.2 Å². The Kier molecular flexibility index (Phi) is 5.48. The third kappa shape index (κ3) is 3.50.